The average molecular weight is 2840 g/mol. The van der Waals surface area contributed by atoms with Gasteiger partial charge in [-0.25, -0.2) is 0 Å². The summed E-state index contributed by atoms with van der Waals surface area (Å²) < 4.78 is 18.4. The molecule has 0 saturated heterocycles. The summed E-state index contributed by atoms with van der Waals surface area (Å²) in [4.78, 5) is 50.9. The van der Waals surface area contributed by atoms with Gasteiger partial charge in [-0.2, -0.15) is 0 Å². The van der Waals surface area contributed by atoms with Crippen LogP contribution in [0.5, 0.6) is 0 Å². The van der Waals surface area contributed by atoms with Crippen LogP contribution in [0.25, 0.3) is 136 Å². The molecule has 0 spiro atoms. The van der Waals surface area contributed by atoms with Gasteiger partial charge in [-0.05, 0) is 51.6 Å². The van der Waals surface area contributed by atoms with Crippen LogP contribution in [0.1, 0.15) is 61.3 Å². The maximum absolute atomic E-state index is 4.34. The Bertz CT molecular complexity index is 7360. The maximum Gasteiger partial charge on any atom is 2.00 e. The molecule has 26 heteroatoms. The van der Waals surface area contributed by atoms with Crippen molar-refractivity contribution in [3.05, 3.63) is 464 Å². The van der Waals surface area contributed by atoms with E-state index in [1.54, 1.807) is 43.4 Å². The van der Waals surface area contributed by atoms with E-state index in [4.69, 9.17) is 0 Å². The largest absolute Gasteiger partial charge is 2.00 e. The molecule has 0 unspecified atom stereocenters. The zero-order valence-corrected chi connectivity index (χ0v) is 96.1. The van der Waals surface area contributed by atoms with Crippen molar-refractivity contribution < 1.29 is 119 Å². The zero-order chi connectivity index (χ0) is 99.4. The molecule has 2 aliphatic rings. The van der Waals surface area contributed by atoms with Crippen molar-refractivity contribution in [1.82, 2.24) is 87.2 Å². The molecule has 11 aromatic carbocycles. The van der Waals surface area contributed by atoms with Crippen LogP contribution in [-0.4, -0.2) is 67.3 Å². The minimum absolute atomic E-state index is 0. The van der Waals surface area contributed by atoms with Gasteiger partial charge in [-0.3, -0.25) is 49.8 Å². The van der Waals surface area contributed by atoms with Crippen LogP contribution in [0, 0.1) is 117 Å². The molecule has 21 nitrogen and oxygen atoms in total. The number of imidazole rings is 10. The molecule has 0 N–H and O–H groups in total. The standard InChI is InChI=1S/2C17H15N2.2C12H13N2.2C11H9N2.3C11H11N2.C8H6N3.5Pt/c2*1-13-5-3-4-6-16(13)14-7-9-15(10-8-14)17-18-11-12-19(17)2;2*1-9-4-5-11(10(2)8-9)12-13-6-7-14(12)3;2*1-2-4-10-9(3-1)5-7-13-8-6-12-11(10)13;2*1-9-5-3-4-6-10(9)11-12-7-8-13(11)2;1-9-8-12-11(13(9)2)10-6-4-3-5-7-10;1-2-4-9-7(3-1)8-10-5-6-11-8;;;;;/h2*3-9,11-12H,1-2H3;2*4,6-8H,1-3H3;2*1-3,6,8H,5,7H2;2*3-5,7-8H,1-2H3;3-6,8H,1-2H3;1-6H;;;;;/q10*-1;;;;2*+2. The quantitative estimate of drug-likeness (QED) is 0.0928. The fourth-order valence-electron chi connectivity index (χ4n) is 16.3. The van der Waals surface area contributed by atoms with E-state index in [2.05, 4.69) is 293 Å². The fourth-order valence-corrected chi connectivity index (χ4v) is 16.3. The molecule has 22 aromatic rings. The second-order valence-electron chi connectivity index (χ2n) is 34.4. The van der Waals surface area contributed by atoms with Crippen LogP contribution in [0.4, 0.5) is 0 Å². The van der Waals surface area contributed by atoms with Gasteiger partial charge in [0.05, 0.1) is 58.1 Å². The Kier molecular flexibility index (Phi) is 44.4. The third kappa shape index (κ3) is 30.2. The van der Waals surface area contributed by atoms with Gasteiger partial charge >= 0.3 is 42.1 Å². The number of aryl methyl sites for hydroxylation is 19. The van der Waals surface area contributed by atoms with Crippen molar-refractivity contribution in [3.8, 4) is 136 Å². The average Bonchev–Trinajstić information content (AvgIpc) is 1.69. The Morgan fingerprint density at radius 1 is 0.306 bits per heavy atom. The van der Waals surface area contributed by atoms with Gasteiger partial charge in [0.25, 0.3) is 0 Å². The minimum Gasteiger partial charge on any atom is -0.441 e. The molecule has 11 aromatic heterocycles. The fraction of sp³-hybridized carbons (Fsp3) is 0.165. The monoisotopic (exact) mass is 2830 g/mol. The number of hydrogen-bond donors (Lipinski definition) is 0. The Morgan fingerprint density at radius 3 is 1.14 bits per heavy atom. The maximum atomic E-state index is 4.34. The number of hydrogen-bond acceptors (Lipinski definition) is 8. The molecular formula is C121H113N21Pt5-6. The molecule has 758 valence electrons. The van der Waals surface area contributed by atoms with Gasteiger partial charge in [0.1, 0.15) is 0 Å². The molecule has 0 radical (unpaired) electrons. The van der Waals surface area contributed by atoms with E-state index in [0.29, 0.717) is 5.82 Å². The van der Waals surface area contributed by atoms with Crippen molar-refractivity contribution in [2.24, 2.45) is 49.3 Å². The van der Waals surface area contributed by atoms with E-state index in [-0.39, 0.29) is 105 Å². The molecular weight excluding hydrogens is 2720 g/mol. The van der Waals surface area contributed by atoms with Gasteiger partial charge in [-0.1, -0.05) is 142 Å². The second-order valence-corrected chi connectivity index (χ2v) is 34.4. The van der Waals surface area contributed by atoms with Crippen molar-refractivity contribution >= 4 is 0 Å². The van der Waals surface area contributed by atoms with E-state index in [1.807, 2.05) is 279 Å². The topological polar surface area (TPSA) is 201 Å². The minimum atomic E-state index is 0. The SMILES string of the molecule is Cc1c[c-]c(-c2[n-]cc[n+]2C)c(C)c1.Cc1c[c-]c(-c2nccn2C)c(C)c1.Cc1ccc[c-]c1-c1[n-]cc[n+]1C.Cc1ccc[c-]c1-c1nccn1C.Cc1ccccc1-c1c[c-]c(-c2[n-]cc[n+]2C)cc1.Cc1ccccc1-c1c[c-]c(-c2nccn2C)cc1.Cc1cnc(-c2[c-]cccc2)n1C.[Pt+2].[Pt+2].[Pt].[Pt].[Pt].[c-]1cccc2c1-c1nccn1CC2.[c-]1cccc2c1-c1nccn1CC2.c1ccc(-c2ncc[n-]2)nc1. The molecule has 0 bridgehead atoms. The van der Waals surface area contributed by atoms with E-state index in [1.165, 1.54) is 89.0 Å². The Balaban J connectivity index is 0.000000167. The van der Waals surface area contributed by atoms with E-state index < -0.39 is 0 Å². The number of benzene rings is 11. The molecule has 24 rings (SSSR count). The summed E-state index contributed by atoms with van der Waals surface area (Å²) in [6.45, 7) is 20.9. The summed E-state index contributed by atoms with van der Waals surface area (Å²) in [5, 5.41) is 0. The summed E-state index contributed by atoms with van der Waals surface area (Å²) in [7, 11) is 14.0. The molecule has 0 amide bonds. The van der Waals surface area contributed by atoms with Crippen molar-refractivity contribution in [1.29, 1.82) is 0 Å². The number of rotatable bonds is 10. The third-order valence-electron chi connectivity index (χ3n) is 24.1. The number of fused-ring (bicyclic) bond motifs is 6. The zero-order valence-electron chi connectivity index (χ0n) is 84.7. The normalized spacial score (nSPS) is 10.6. The summed E-state index contributed by atoms with van der Waals surface area (Å²) >= 11 is 0. The summed E-state index contributed by atoms with van der Waals surface area (Å²) in [5.41, 5.74) is 29.2. The summed E-state index contributed by atoms with van der Waals surface area (Å²) in [5.74, 6) is 9.54. The summed E-state index contributed by atoms with van der Waals surface area (Å²) in [6, 6.07) is 105. The van der Waals surface area contributed by atoms with E-state index in [9.17, 15) is 0 Å². The molecule has 0 aliphatic carbocycles. The number of pyridine rings is 1. The van der Waals surface area contributed by atoms with Crippen LogP contribution < -0.4 is 33.6 Å². The van der Waals surface area contributed by atoms with Crippen LogP contribution in [0.3, 0.4) is 0 Å². The number of aromatic nitrogens is 21. The predicted octanol–water partition coefficient (Wildman–Crippen LogP) is 21.4. The van der Waals surface area contributed by atoms with Crippen LogP contribution in [0.15, 0.2) is 348 Å². The first-order valence-electron chi connectivity index (χ1n) is 46.9. The Hall–Kier alpha value is -13.9. The first-order chi connectivity index (χ1) is 69.1. The third-order valence-corrected chi connectivity index (χ3v) is 24.1. The van der Waals surface area contributed by atoms with Gasteiger partial charge < -0.3 is 51.1 Å². The van der Waals surface area contributed by atoms with Gasteiger partial charge in [0.15, 0.2) is 0 Å². The van der Waals surface area contributed by atoms with Gasteiger partial charge in [-0.15, -0.1) is 307 Å². The first kappa shape index (κ1) is 115. The van der Waals surface area contributed by atoms with Gasteiger partial charge in [0.2, 0.25) is 0 Å². The van der Waals surface area contributed by atoms with E-state index >= 15 is 0 Å². The molecule has 13 heterocycles. The van der Waals surface area contributed by atoms with Gasteiger partial charge in [0, 0.05) is 243 Å². The first-order valence-corrected chi connectivity index (χ1v) is 46.9. The Labute approximate surface area is 935 Å². The molecule has 2 aliphatic heterocycles. The van der Waals surface area contributed by atoms with Crippen LogP contribution >= 0.6 is 0 Å². The van der Waals surface area contributed by atoms with Crippen LogP contribution in [-0.2, 0) is 181 Å². The van der Waals surface area contributed by atoms with Crippen molar-refractivity contribution in [2.45, 2.75) is 88.2 Å². The molecule has 0 saturated carbocycles. The molecule has 147 heavy (non-hydrogen) atoms. The van der Waals surface area contributed by atoms with Crippen molar-refractivity contribution in [2.75, 3.05) is 0 Å². The molecule has 0 fully saturated rings. The molecule has 0 atom stereocenters. The van der Waals surface area contributed by atoms with E-state index in [0.717, 1.165) is 129 Å². The summed E-state index contributed by atoms with van der Waals surface area (Å²) in [6.07, 6.45) is 39.3. The smallest absolute Gasteiger partial charge is 0.441 e. The van der Waals surface area contributed by atoms with Crippen LogP contribution in [0.2, 0.25) is 0 Å². The Morgan fingerprint density at radius 2 is 0.721 bits per heavy atom. The number of nitrogens with zero attached hydrogens (tertiary/aromatic N) is 21. The van der Waals surface area contributed by atoms with Crippen molar-refractivity contribution in [3.63, 3.8) is 0 Å². The predicted molar refractivity (Wildman–Crippen MR) is 560 cm³/mol. The second kappa shape index (κ2) is 56.7.